The van der Waals surface area contributed by atoms with Crippen molar-refractivity contribution >= 4 is 0 Å². The molecule has 0 aliphatic carbocycles. The van der Waals surface area contributed by atoms with Gasteiger partial charge in [-0.2, -0.15) is 0 Å². The quantitative estimate of drug-likeness (QED) is 0.613. The van der Waals surface area contributed by atoms with Gasteiger partial charge in [0.25, 0.3) is 0 Å². The van der Waals surface area contributed by atoms with Crippen molar-refractivity contribution in [3.63, 3.8) is 0 Å². The Labute approximate surface area is 88.8 Å². The molecule has 0 fully saturated rings. The highest BCUT2D eigenvalue weighted by molar-refractivity contribution is 4.67. The minimum atomic E-state index is 0.635. The van der Waals surface area contributed by atoms with Crippen LogP contribution in [0.25, 0.3) is 0 Å². The largest absolute Gasteiger partial charge is 0.330 e. The van der Waals surface area contributed by atoms with Crippen molar-refractivity contribution in [3.8, 4) is 0 Å². The Morgan fingerprint density at radius 2 is 1.29 bits per heavy atom. The highest BCUT2D eigenvalue weighted by Crippen LogP contribution is 2.06. The Balaban J connectivity index is 3.77. The van der Waals surface area contributed by atoms with Crippen molar-refractivity contribution in [2.75, 3.05) is 33.2 Å². The van der Waals surface area contributed by atoms with Crippen LogP contribution in [0.2, 0.25) is 0 Å². The van der Waals surface area contributed by atoms with Crippen molar-refractivity contribution in [1.82, 2.24) is 4.90 Å². The van der Waals surface area contributed by atoms with E-state index in [1.54, 1.807) is 0 Å². The maximum Gasteiger partial charge on any atom is 0.00187 e. The van der Waals surface area contributed by atoms with Crippen LogP contribution in [-0.4, -0.2) is 38.1 Å². The van der Waals surface area contributed by atoms with Gasteiger partial charge in [-0.05, 0) is 32.0 Å². The van der Waals surface area contributed by atoms with Crippen molar-refractivity contribution < 1.29 is 0 Å². The fourth-order valence-corrected chi connectivity index (χ4v) is 1.70. The lowest BCUT2D eigenvalue weighted by molar-refractivity contribution is 0.235. The molecule has 0 rings (SSSR count). The second-order valence-electron chi connectivity index (χ2n) is 4.24. The summed E-state index contributed by atoms with van der Waals surface area (Å²) in [5.41, 5.74) is 11.4. The summed E-state index contributed by atoms with van der Waals surface area (Å²) in [4.78, 5) is 2.36. The van der Waals surface area contributed by atoms with Gasteiger partial charge < -0.3 is 16.4 Å². The van der Waals surface area contributed by atoms with Crippen LogP contribution in [0.5, 0.6) is 0 Å². The molecule has 0 aliphatic rings. The van der Waals surface area contributed by atoms with Crippen LogP contribution in [0.15, 0.2) is 0 Å². The molecule has 0 saturated carbocycles. The Morgan fingerprint density at radius 1 is 0.929 bits per heavy atom. The molecule has 0 heterocycles. The van der Waals surface area contributed by atoms with Gasteiger partial charge in [0.2, 0.25) is 0 Å². The molecule has 4 N–H and O–H groups in total. The first kappa shape index (κ1) is 13.9. The molecule has 0 radical (unpaired) electrons. The molecule has 86 valence electrons. The van der Waals surface area contributed by atoms with E-state index >= 15 is 0 Å². The summed E-state index contributed by atoms with van der Waals surface area (Å²) in [5, 5.41) is 0. The molecule has 0 aromatic rings. The van der Waals surface area contributed by atoms with Gasteiger partial charge in [0.1, 0.15) is 0 Å². The molecule has 0 aromatic heterocycles. The van der Waals surface area contributed by atoms with Crippen molar-refractivity contribution in [2.24, 2.45) is 23.3 Å². The van der Waals surface area contributed by atoms with E-state index in [1.807, 2.05) is 0 Å². The van der Waals surface area contributed by atoms with E-state index in [2.05, 4.69) is 25.8 Å². The minimum absolute atomic E-state index is 0.635. The van der Waals surface area contributed by atoms with E-state index in [4.69, 9.17) is 11.5 Å². The first-order valence-electron chi connectivity index (χ1n) is 5.76. The monoisotopic (exact) mass is 201 g/mol. The predicted molar refractivity (Wildman–Crippen MR) is 63.2 cm³/mol. The second-order valence-corrected chi connectivity index (χ2v) is 4.24. The summed E-state index contributed by atoms with van der Waals surface area (Å²) in [6.45, 7) is 8.19. The minimum Gasteiger partial charge on any atom is -0.330 e. The van der Waals surface area contributed by atoms with E-state index in [-0.39, 0.29) is 0 Å². The van der Waals surface area contributed by atoms with Crippen LogP contribution in [0, 0.1) is 11.8 Å². The number of nitrogens with zero attached hydrogens (tertiary/aromatic N) is 1. The lowest BCUT2D eigenvalue weighted by Crippen LogP contribution is -2.35. The number of rotatable bonds is 8. The van der Waals surface area contributed by atoms with Crippen molar-refractivity contribution in [2.45, 2.75) is 26.7 Å². The molecule has 2 atom stereocenters. The molecule has 0 spiro atoms. The van der Waals surface area contributed by atoms with Gasteiger partial charge >= 0.3 is 0 Å². The molecule has 0 aliphatic heterocycles. The van der Waals surface area contributed by atoms with Gasteiger partial charge in [-0.1, -0.05) is 26.7 Å². The highest BCUT2D eigenvalue weighted by atomic mass is 15.1. The molecule has 0 saturated heterocycles. The smallest absolute Gasteiger partial charge is 0.00187 e. The standard InChI is InChI=1S/C11H27N3/c1-4-10(6-12)8-14(3)9-11(5-2)7-13/h10-11H,4-9,12-13H2,1-3H3. The molecule has 0 aromatic carbocycles. The molecule has 0 bridgehead atoms. The zero-order valence-electron chi connectivity index (χ0n) is 10.00. The predicted octanol–water partition coefficient (Wildman–Crippen LogP) is 0.888. The zero-order chi connectivity index (χ0) is 11.0. The fraction of sp³-hybridized carbons (Fsp3) is 1.00. The van der Waals surface area contributed by atoms with Gasteiger partial charge in [0, 0.05) is 13.1 Å². The van der Waals surface area contributed by atoms with Crippen LogP contribution in [0.4, 0.5) is 0 Å². The average Bonchev–Trinajstić information content (AvgIpc) is 2.22. The number of hydrogen-bond donors (Lipinski definition) is 2. The van der Waals surface area contributed by atoms with E-state index in [9.17, 15) is 0 Å². The SMILES string of the molecule is CCC(CN)CN(C)CC(CC)CN. The third-order valence-corrected chi connectivity index (χ3v) is 2.96. The molecule has 3 heteroatoms. The topological polar surface area (TPSA) is 55.3 Å². The van der Waals surface area contributed by atoms with Crippen LogP contribution >= 0.6 is 0 Å². The summed E-state index contributed by atoms with van der Waals surface area (Å²) >= 11 is 0. The maximum absolute atomic E-state index is 5.68. The van der Waals surface area contributed by atoms with E-state index < -0.39 is 0 Å². The third kappa shape index (κ3) is 5.58. The summed E-state index contributed by atoms with van der Waals surface area (Å²) in [7, 11) is 2.16. The molecule has 3 nitrogen and oxygen atoms in total. The van der Waals surface area contributed by atoms with Gasteiger partial charge in [-0.15, -0.1) is 0 Å². The normalized spacial score (nSPS) is 15.9. The Kier molecular flexibility index (Phi) is 8.14. The van der Waals surface area contributed by atoms with Gasteiger partial charge in [0.15, 0.2) is 0 Å². The second kappa shape index (κ2) is 8.21. The lowest BCUT2D eigenvalue weighted by Gasteiger charge is -2.25. The summed E-state index contributed by atoms with van der Waals surface area (Å²) in [6.07, 6.45) is 2.33. The zero-order valence-corrected chi connectivity index (χ0v) is 10.00. The maximum atomic E-state index is 5.68. The van der Waals surface area contributed by atoms with Crippen molar-refractivity contribution in [1.29, 1.82) is 0 Å². The van der Waals surface area contributed by atoms with Crippen molar-refractivity contribution in [3.05, 3.63) is 0 Å². The molecular weight excluding hydrogens is 174 g/mol. The summed E-state index contributed by atoms with van der Waals surface area (Å²) in [5.74, 6) is 1.27. The first-order chi connectivity index (χ1) is 6.67. The Morgan fingerprint density at radius 3 is 1.50 bits per heavy atom. The van der Waals surface area contributed by atoms with E-state index in [0.29, 0.717) is 11.8 Å². The molecule has 2 unspecified atom stereocenters. The Bertz CT molecular complexity index is 106. The van der Waals surface area contributed by atoms with Crippen LogP contribution in [0.1, 0.15) is 26.7 Å². The number of nitrogens with two attached hydrogens (primary N) is 2. The summed E-state index contributed by atoms with van der Waals surface area (Å²) in [6, 6.07) is 0. The Hall–Kier alpha value is -0.120. The van der Waals surface area contributed by atoms with Crippen LogP contribution in [-0.2, 0) is 0 Å². The van der Waals surface area contributed by atoms with Gasteiger partial charge in [-0.3, -0.25) is 0 Å². The molecule has 14 heavy (non-hydrogen) atoms. The highest BCUT2D eigenvalue weighted by Gasteiger charge is 2.11. The van der Waals surface area contributed by atoms with Gasteiger partial charge in [0.05, 0.1) is 0 Å². The van der Waals surface area contributed by atoms with Gasteiger partial charge in [-0.25, -0.2) is 0 Å². The van der Waals surface area contributed by atoms with Crippen LogP contribution < -0.4 is 11.5 Å². The molecule has 0 amide bonds. The van der Waals surface area contributed by atoms with E-state index in [0.717, 1.165) is 26.2 Å². The van der Waals surface area contributed by atoms with E-state index in [1.165, 1.54) is 12.8 Å². The average molecular weight is 201 g/mol. The first-order valence-corrected chi connectivity index (χ1v) is 5.76. The number of hydrogen-bond acceptors (Lipinski definition) is 3. The summed E-state index contributed by atoms with van der Waals surface area (Å²) < 4.78 is 0. The third-order valence-electron chi connectivity index (χ3n) is 2.96. The fourth-order valence-electron chi connectivity index (χ4n) is 1.70. The van der Waals surface area contributed by atoms with Crippen LogP contribution in [0.3, 0.4) is 0 Å². The molecular formula is C11H27N3. The lowest BCUT2D eigenvalue weighted by atomic mass is 10.0.